The second-order valence-electron chi connectivity index (χ2n) is 7.09. The number of fused-ring (bicyclic) bond motifs is 1. The van der Waals surface area contributed by atoms with Gasteiger partial charge in [0, 0.05) is 11.6 Å². The summed E-state index contributed by atoms with van der Waals surface area (Å²) in [6.07, 6.45) is 1.18. The summed E-state index contributed by atoms with van der Waals surface area (Å²) < 4.78 is 24.4. The van der Waals surface area contributed by atoms with Crippen LogP contribution in [0, 0.1) is 0 Å². The van der Waals surface area contributed by atoms with Gasteiger partial charge in [-0.15, -0.1) is 22.7 Å². The van der Waals surface area contributed by atoms with E-state index in [9.17, 15) is 8.42 Å². The average molecular weight is 595 g/mol. The van der Waals surface area contributed by atoms with E-state index in [1.165, 1.54) is 6.26 Å². The van der Waals surface area contributed by atoms with Crippen molar-refractivity contribution in [3.63, 3.8) is 0 Å². The van der Waals surface area contributed by atoms with E-state index in [1.54, 1.807) is 11.3 Å². The highest BCUT2D eigenvalue weighted by Crippen LogP contribution is 2.43. The van der Waals surface area contributed by atoms with Crippen molar-refractivity contribution in [3.05, 3.63) is 145 Å². The first-order valence-electron chi connectivity index (χ1n) is 11.1. The molecule has 7 heteroatoms. The number of hydrogen-bond acceptors (Lipinski definition) is 6. The van der Waals surface area contributed by atoms with Crippen LogP contribution in [0.3, 0.4) is 0 Å². The number of hydrogen-bond donors (Lipinski definition) is 1. The molecule has 4 aromatic rings. The van der Waals surface area contributed by atoms with Crippen LogP contribution in [0.15, 0.2) is 149 Å². The van der Waals surface area contributed by atoms with Gasteiger partial charge in [-0.1, -0.05) is 78.2 Å². The number of thiophene rings is 2. The maximum atomic E-state index is 12.1. The van der Waals surface area contributed by atoms with Crippen LogP contribution < -0.4 is 5.73 Å². The molecule has 0 saturated heterocycles. The second kappa shape index (κ2) is 19.1. The Morgan fingerprint density at radius 2 is 1.32 bits per heavy atom. The van der Waals surface area contributed by atoms with Gasteiger partial charge in [-0.25, -0.2) is 13.4 Å². The van der Waals surface area contributed by atoms with Gasteiger partial charge in [-0.3, -0.25) is 0 Å². The predicted octanol–water partition coefficient (Wildman–Crippen LogP) is 9.12. The lowest BCUT2D eigenvalue weighted by atomic mass is 10.0. The highest BCUT2D eigenvalue weighted by Gasteiger charge is 2.22. The molecule has 1 aromatic carbocycles. The van der Waals surface area contributed by atoms with Gasteiger partial charge in [0.15, 0.2) is 9.84 Å². The summed E-state index contributed by atoms with van der Waals surface area (Å²) in [7, 11) is -3.40. The lowest BCUT2D eigenvalue weighted by Gasteiger charge is -2.07. The molecule has 0 atom stereocenters. The van der Waals surface area contributed by atoms with E-state index >= 15 is 0 Å². The van der Waals surface area contributed by atoms with Gasteiger partial charge in [0.2, 0.25) is 0 Å². The Kier molecular flexibility index (Phi) is 16.8. The highest BCUT2D eigenvalue weighted by molar-refractivity contribution is 7.93. The van der Waals surface area contributed by atoms with Gasteiger partial charge in [0.05, 0.1) is 16.3 Å². The van der Waals surface area contributed by atoms with Crippen molar-refractivity contribution in [2.75, 3.05) is 12.0 Å². The second-order valence-corrected chi connectivity index (χ2v) is 11.2. The quantitative estimate of drug-likeness (QED) is 0.240. The molecule has 41 heavy (non-hydrogen) atoms. The van der Waals surface area contributed by atoms with Gasteiger partial charge < -0.3 is 5.73 Å². The zero-order chi connectivity index (χ0) is 30.0. The van der Waals surface area contributed by atoms with E-state index in [-0.39, 0.29) is 17.3 Å². The number of nitrogens with zero attached hydrogens (tertiary/aromatic N) is 1. The van der Waals surface area contributed by atoms with Crippen molar-refractivity contribution in [2.45, 2.75) is 11.6 Å². The van der Waals surface area contributed by atoms with E-state index < -0.39 is 9.84 Å². The third-order valence-electron chi connectivity index (χ3n) is 4.39. The fourth-order valence-corrected chi connectivity index (χ4v) is 5.84. The van der Waals surface area contributed by atoms with E-state index in [4.69, 9.17) is 5.73 Å². The van der Waals surface area contributed by atoms with Crippen molar-refractivity contribution in [3.8, 4) is 21.7 Å². The van der Waals surface area contributed by atoms with Gasteiger partial charge in [-0.2, -0.15) is 0 Å². The molecule has 3 heterocycles. The summed E-state index contributed by atoms with van der Waals surface area (Å²) in [5.41, 5.74) is 30.4. The number of nitrogens with two attached hydrogens (primary N) is 1. The van der Waals surface area contributed by atoms with E-state index in [0.717, 1.165) is 33.0 Å². The Morgan fingerprint density at radius 1 is 0.805 bits per heavy atom. The smallest absolute Gasteiger partial charge is 0.187 e. The SMILES string of the molecule is C.C=C=C=C=C.C=C=C=C=C.C=C=C=C=C.CS(=O)(=O)c1sc2nc(-c3cccs3)cc(-c3ccccc3)c2c1N. The van der Waals surface area contributed by atoms with Crippen molar-refractivity contribution < 1.29 is 8.42 Å². The Morgan fingerprint density at radius 3 is 1.71 bits per heavy atom. The zero-order valence-corrected chi connectivity index (χ0v) is 24.5. The van der Waals surface area contributed by atoms with Crippen LogP contribution in [0.2, 0.25) is 0 Å². The summed E-state index contributed by atoms with van der Waals surface area (Å²) in [6, 6.07) is 15.8. The monoisotopic (exact) mass is 594 g/mol. The minimum Gasteiger partial charge on any atom is -0.396 e. The zero-order valence-electron chi connectivity index (χ0n) is 22.0. The Hall–Kier alpha value is -4.98. The van der Waals surface area contributed by atoms with Crippen LogP contribution in [0.5, 0.6) is 0 Å². The van der Waals surface area contributed by atoms with Crippen LogP contribution in [0.1, 0.15) is 7.43 Å². The maximum Gasteiger partial charge on any atom is 0.187 e. The molecule has 0 saturated carbocycles. The first-order valence-corrected chi connectivity index (χ1v) is 14.7. The molecule has 0 fully saturated rings. The molecule has 0 amide bonds. The fourth-order valence-electron chi connectivity index (χ4n) is 2.96. The van der Waals surface area contributed by atoms with Crippen LogP contribution in [-0.2, 0) is 9.84 Å². The summed E-state index contributed by atoms with van der Waals surface area (Å²) in [5.74, 6) is 0. The molecule has 0 spiro atoms. The number of nitrogen functional groups attached to an aromatic ring is 1. The summed E-state index contributed by atoms with van der Waals surface area (Å²) >= 11 is 2.73. The molecule has 2 N–H and O–H groups in total. The lowest BCUT2D eigenvalue weighted by molar-refractivity contribution is 0.604. The molecule has 4 rings (SSSR count). The van der Waals surface area contributed by atoms with Gasteiger partial charge >= 0.3 is 0 Å². The average Bonchev–Trinajstić information content (AvgIpc) is 3.60. The molecule has 0 bridgehead atoms. The minimum absolute atomic E-state index is 0. The third-order valence-corrected chi connectivity index (χ3v) is 8.23. The summed E-state index contributed by atoms with van der Waals surface area (Å²) in [4.78, 5) is 6.36. The van der Waals surface area contributed by atoms with Gasteiger partial charge in [0.25, 0.3) is 0 Å². The Labute approximate surface area is 251 Å². The molecule has 0 aliphatic heterocycles. The van der Waals surface area contributed by atoms with E-state index in [0.29, 0.717) is 10.2 Å². The molecule has 0 unspecified atom stereocenters. The first kappa shape index (κ1) is 36.0. The van der Waals surface area contributed by atoms with Crippen molar-refractivity contribution in [1.82, 2.24) is 4.98 Å². The molecule has 0 radical (unpaired) electrons. The predicted molar refractivity (Wildman–Crippen MR) is 178 cm³/mol. The molecule has 3 aromatic heterocycles. The van der Waals surface area contributed by atoms with Crippen LogP contribution in [0.4, 0.5) is 5.69 Å². The lowest BCUT2D eigenvalue weighted by Crippen LogP contribution is -1.98. The largest absolute Gasteiger partial charge is 0.396 e. The molecule has 4 nitrogen and oxygen atoms in total. The fraction of sp³-hybridized carbons (Fsp3) is 0.0588. The number of benzene rings is 1. The number of sulfone groups is 1. The third kappa shape index (κ3) is 11.3. The number of pyridine rings is 1. The standard InChI is InChI=1S/C18H14N2O2S3.3C5H4.CH4/c1-25(21,22)18-16(19)15-12(11-6-3-2-4-7-11)10-13(20-17(15)24-18)14-8-5-9-23-14;3*1-3-5-4-2;/h2-10H,19H2,1H3;3*1-2H2;1H4. The Balaban J connectivity index is 0.000000833. The topological polar surface area (TPSA) is 73.0 Å². The molecule has 0 aliphatic rings. The molecule has 0 aliphatic carbocycles. The summed E-state index contributed by atoms with van der Waals surface area (Å²) in [5, 5.41) is 2.70. The van der Waals surface area contributed by atoms with E-state index in [1.807, 2.05) is 53.9 Å². The first-order chi connectivity index (χ1) is 19.2. The summed E-state index contributed by atoms with van der Waals surface area (Å²) in [6.45, 7) is 19.3. The number of rotatable bonds is 3. The molecular formula is C34H30N2O2S3. The van der Waals surface area contributed by atoms with Gasteiger partial charge in [-0.05, 0) is 85.3 Å². The van der Waals surface area contributed by atoms with E-state index in [2.05, 4.69) is 96.0 Å². The van der Waals surface area contributed by atoms with Crippen molar-refractivity contribution in [2.24, 2.45) is 0 Å². The molecular weight excluding hydrogens is 565 g/mol. The molecule has 206 valence electrons. The Bertz CT molecular complexity index is 1780. The number of aromatic nitrogens is 1. The van der Waals surface area contributed by atoms with Crippen molar-refractivity contribution in [1.29, 1.82) is 0 Å². The minimum atomic E-state index is -3.40. The number of anilines is 1. The highest BCUT2D eigenvalue weighted by atomic mass is 32.2. The van der Waals surface area contributed by atoms with Gasteiger partial charge in [0.1, 0.15) is 9.04 Å². The van der Waals surface area contributed by atoms with Crippen LogP contribution in [0.25, 0.3) is 31.9 Å². The van der Waals surface area contributed by atoms with Crippen LogP contribution >= 0.6 is 22.7 Å². The maximum absolute atomic E-state index is 12.1. The van der Waals surface area contributed by atoms with Crippen molar-refractivity contribution >= 4 is 48.4 Å². The van der Waals surface area contributed by atoms with Crippen LogP contribution in [-0.4, -0.2) is 19.7 Å². The normalized spacial score (nSPS) is 8.41.